The summed E-state index contributed by atoms with van der Waals surface area (Å²) in [6, 6.07) is 1.08. The Balaban J connectivity index is 1.74. The molecule has 1 heterocycles. The molecule has 0 aliphatic heterocycles. The molecule has 0 amide bonds. The van der Waals surface area contributed by atoms with E-state index in [1.54, 1.807) is 0 Å². The summed E-state index contributed by atoms with van der Waals surface area (Å²) in [5.41, 5.74) is -4.31. The van der Waals surface area contributed by atoms with Crippen molar-refractivity contribution < 1.29 is 44.6 Å². The number of tetrazole rings is 1. The van der Waals surface area contributed by atoms with Gasteiger partial charge in [-0.25, -0.2) is 0 Å². The highest BCUT2D eigenvalue weighted by atomic mass is 19.4. The molecule has 15 heteroatoms. The number of anilines is 1. The van der Waals surface area contributed by atoms with Crippen LogP contribution in [-0.4, -0.2) is 44.1 Å². The lowest BCUT2D eigenvalue weighted by Crippen LogP contribution is -2.36. The summed E-state index contributed by atoms with van der Waals surface area (Å²) in [4.78, 5) is 2.15. The summed E-state index contributed by atoms with van der Waals surface area (Å²) in [7, 11) is 1.37. The molecule has 2 unspecified atom stereocenters. The molecule has 0 saturated heterocycles. The number of hydrogen-bond donors (Lipinski definition) is 1. The highest BCUT2D eigenvalue weighted by Gasteiger charge is 2.40. The van der Waals surface area contributed by atoms with Crippen LogP contribution in [0.4, 0.5) is 45.5 Å². The minimum Gasteiger partial charge on any atom is -0.392 e. The number of halogens is 9. The Kier molecular flexibility index (Phi) is 8.25. The van der Waals surface area contributed by atoms with E-state index in [4.69, 9.17) is 0 Å². The summed E-state index contributed by atoms with van der Waals surface area (Å²) < 4.78 is 122. The van der Waals surface area contributed by atoms with Gasteiger partial charge in [0.05, 0.1) is 29.9 Å². The van der Waals surface area contributed by atoms with Crippen LogP contribution in [0, 0.1) is 11.8 Å². The van der Waals surface area contributed by atoms with E-state index in [0.717, 1.165) is 34.7 Å². The Morgan fingerprint density at radius 3 is 2.02 bits per heavy atom. The molecule has 0 radical (unpaired) electrons. The average Bonchev–Trinajstić information content (AvgIpc) is 3.53. The van der Waals surface area contributed by atoms with E-state index < -0.39 is 65.9 Å². The van der Waals surface area contributed by atoms with Crippen molar-refractivity contribution >= 4 is 5.95 Å². The molecule has 1 fully saturated rings. The third kappa shape index (κ3) is 6.96. The maximum atomic E-state index is 13.6. The van der Waals surface area contributed by atoms with Crippen molar-refractivity contribution in [2.75, 3.05) is 11.4 Å². The summed E-state index contributed by atoms with van der Waals surface area (Å²) in [6.07, 6.45) is -11.0. The molecule has 2 aromatic rings. The van der Waals surface area contributed by atoms with Crippen LogP contribution >= 0.6 is 0 Å². The van der Waals surface area contributed by atoms with Gasteiger partial charge in [-0.2, -0.15) is 44.3 Å². The van der Waals surface area contributed by atoms with Gasteiger partial charge in [-0.15, -0.1) is 5.10 Å². The third-order valence-corrected chi connectivity index (χ3v) is 7.21. The van der Waals surface area contributed by atoms with Crippen molar-refractivity contribution in [3.63, 3.8) is 0 Å². The van der Waals surface area contributed by atoms with E-state index in [1.165, 1.54) is 7.05 Å². The number of alkyl halides is 9. The second-order valence-electron chi connectivity index (χ2n) is 10.1. The number of allylic oxidation sites excluding steroid dienone is 3. The Labute approximate surface area is 223 Å². The fraction of sp³-hybridized carbons (Fsp3) is 0.560. The molecule has 0 bridgehead atoms. The van der Waals surface area contributed by atoms with E-state index in [9.17, 15) is 44.6 Å². The van der Waals surface area contributed by atoms with Crippen molar-refractivity contribution in [1.82, 2.24) is 20.2 Å². The summed E-state index contributed by atoms with van der Waals surface area (Å²) in [5.74, 6) is -1.11. The largest absolute Gasteiger partial charge is 0.416 e. The van der Waals surface area contributed by atoms with Gasteiger partial charge in [0, 0.05) is 19.0 Å². The normalized spacial score (nSPS) is 19.9. The molecule has 40 heavy (non-hydrogen) atoms. The molecule has 1 saturated carbocycles. The van der Waals surface area contributed by atoms with Crippen LogP contribution in [0.5, 0.6) is 0 Å². The van der Waals surface area contributed by atoms with E-state index in [0.29, 0.717) is 25.0 Å². The molecule has 2 aliphatic carbocycles. The average molecular weight is 583 g/mol. The number of benzene rings is 1. The van der Waals surface area contributed by atoms with Gasteiger partial charge >= 0.3 is 18.5 Å². The van der Waals surface area contributed by atoms with E-state index >= 15 is 0 Å². The van der Waals surface area contributed by atoms with Crippen LogP contribution < -0.4 is 4.90 Å². The van der Waals surface area contributed by atoms with Gasteiger partial charge in [-0.1, -0.05) is 24.0 Å². The molecule has 220 valence electrons. The van der Waals surface area contributed by atoms with Gasteiger partial charge in [-0.3, -0.25) is 0 Å². The van der Waals surface area contributed by atoms with Gasteiger partial charge in [0.2, 0.25) is 0 Å². The Morgan fingerprint density at radius 2 is 1.52 bits per heavy atom. The molecule has 2 aliphatic rings. The van der Waals surface area contributed by atoms with Gasteiger partial charge in [-0.05, 0) is 65.8 Å². The lowest BCUT2D eigenvalue weighted by atomic mass is 9.78. The smallest absolute Gasteiger partial charge is 0.392 e. The van der Waals surface area contributed by atoms with Crippen molar-refractivity contribution in [2.45, 2.75) is 63.3 Å². The Bertz CT molecular complexity index is 1220. The molecular weight excluding hydrogens is 557 g/mol. The zero-order chi connectivity index (χ0) is 29.5. The first-order chi connectivity index (χ1) is 18.5. The van der Waals surface area contributed by atoms with Crippen LogP contribution in [0.3, 0.4) is 0 Å². The third-order valence-electron chi connectivity index (χ3n) is 7.21. The number of aryl methyl sites for hydroxylation is 1. The summed E-state index contributed by atoms with van der Waals surface area (Å²) >= 11 is 0. The van der Waals surface area contributed by atoms with Crippen molar-refractivity contribution in [3.8, 4) is 0 Å². The van der Waals surface area contributed by atoms with Crippen molar-refractivity contribution in [2.24, 2.45) is 18.9 Å². The maximum Gasteiger partial charge on any atom is 0.416 e. The van der Waals surface area contributed by atoms with Crippen molar-refractivity contribution in [3.05, 3.63) is 58.2 Å². The zero-order valence-corrected chi connectivity index (χ0v) is 21.2. The number of aliphatic hydroxyl groups is 1. The highest BCUT2D eigenvalue weighted by molar-refractivity contribution is 5.42. The number of nitrogens with zero attached hydrogens (tertiary/aromatic N) is 5. The first kappa shape index (κ1) is 29.9. The molecule has 4 rings (SSSR count). The summed E-state index contributed by atoms with van der Waals surface area (Å²) in [5, 5.41) is 22.5. The topological polar surface area (TPSA) is 67.1 Å². The minimum absolute atomic E-state index is 0.00747. The number of hydrogen-bond acceptors (Lipinski definition) is 5. The van der Waals surface area contributed by atoms with Gasteiger partial charge in [0.15, 0.2) is 0 Å². The summed E-state index contributed by atoms with van der Waals surface area (Å²) in [6.45, 7) is -1.00. The zero-order valence-electron chi connectivity index (χ0n) is 21.2. The second-order valence-corrected chi connectivity index (χ2v) is 10.1. The first-order valence-electron chi connectivity index (χ1n) is 12.5. The van der Waals surface area contributed by atoms with Gasteiger partial charge in [0.25, 0.3) is 5.95 Å². The monoisotopic (exact) mass is 583 g/mol. The Hall–Kier alpha value is -3.10. The van der Waals surface area contributed by atoms with Crippen molar-refractivity contribution in [1.29, 1.82) is 0 Å². The van der Waals surface area contributed by atoms with E-state index in [2.05, 4.69) is 15.4 Å². The predicted octanol–water partition coefficient (Wildman–Crippen LogP) is 6.24. The maximum absolute atomic E-state index is 13.6. The minimum atomic E-state index is -5.08. The Morgan fingerprint density at radius 1 is 0.925 bits per heavy atom. The number of aliphatic hydroxyl groups excluding tert-OH is 1. The SMILES string of the molecule is Cn1nnc(N(CC2=CC(C(F)(F)F)=CCC2C(O)C2CCCC2)Cc2cc(C(F)(F)F)cc(C(F)(F)F)c2)n1. The van der Waals surface area contributed by atoms with E-state index in [1.807, 2.05) is 0 Å². The second kappa shape index (κ2) is 11.1. The molecule has 1 aromatic heterocycles. The highest BCUT2D eigenvalue weighted by Crippen LogP contribution is 2.41. The number of aromatic nitrogens is 4. The first-order valence-corrected chi connectivity index (χ1v) is 12.5. The lowest BCUT2D eigenvalue weighted by molar-refractivity contribution is -0.143. The van der Waals surface area contributed by atoms with Crippen LogP contribution in [0.25, 0.3) is 0 Å². The standard InChI is InChI=1S/C25H26F9N5O/c1-38-36-22(35-37-38)39(12-14-8-18(24(29,30)31)11-19(9-14)25(32,33)34)13-16-10-17(23(26,27)28)6-7-20(16)21(40)15-4-2-3-5-15/h6,8-11,15,20-21,40H,2-5,7,12-13H2,1H3. The predicted molar refractivity (Wildman–Crippen MR) is 125 cm³/mol. The quantitative estimate of drug-likeness (QED) is 0.391. The molecule has 1 aromatic carbocycles. The molecule has 2 atom stereocenters. The molecular formula is C25H26F9N5O. The van der Waals surface area contributed by atoms with Crippen LogP contribution in [0.2, 0.25) is 0 Å². The molecule has 0 spiro atoms. The van der Waals surface area contributed by atoms with Crippen LogP contribution in [0.1, 0.15) is 48.8 Å². The van der Waals surface area contributed by atoms with Crippen LogP contribution in [0.15, 0.2) is 41.5 Å². The fourth-order valence-corrected chi connectivity index (χ4v) is 5.27. The van der Waals surface area contributed by atoms with Crippen LogP contribution in [-0.2, 0) is 25.9 Å². The fourth-order valence-electron chi connectivity index (χ4n) is 5.27. The van der Waals surface area contributed by atoms with E-state index in [-0.39, 0.29) is 29.9 Å². The molecule has 6 nitrogen and oxygen atoms in total. The van der Waals surface area contributed by atoms with Gasteiger partial charge in [0.1, 0.15) is 0 Å². The molecule has 1 N–H and O–H groups in total. The number of rotatable bonds is 7. The van der Waals surface area contributed by atoms with Gasteiger partial charge < -0.3 is 10.0 Å². The lowest BCUT2D eigenvalue weighted by Gasteiger charge is -2.34.